The molecule has 7 heteroatoms. The lowest BCUT2D eigenvalue weighted by Crippen LogP contribution is -2.36. The number of nitrogens with two attached hydrogens (primary N) is 1. The van der Waals surface area contributed by atoms with Crippen LogP contribution in [0.25, 0.3) is 22.2 Å². The molecular formula is C17H19N5O2. The van der Waals surface area contributed by atoms with Crippen LogP contribution in [-0.4, -0.2) is 46.4 Å². The van der Waals surface area contributed by atoms with Gasteiger partial charge in [0.2, 0.25) is 0 Å². The van der Waals surface area contributed by atoms with E-state index < -0.39 is 0 Å². The molecule has 0 amide bonds. The standard InChI is InChI=1S/C17H19N5O2/c18-8-12-7-11(1-2-14(12)23)13-9-19-16-15(13)17(21-10-20-16)22-3-5-24-6-4-22/h1-2,7,9-10,23H,3-6,8,18H2,(H,19,20,21). The van der Waals surface area contributed by atoms with Crippen molar-refractivity contribution in [1.82, 2.24) is 15.0 Å². The van der Waals surface area contributed by atoms with E-state index in [0.717, 1.165) is 41.1 Å². The highest BCUT2D eigenvalue weighted by molar-refractivity contribution is 6.01. The van der Waals surface area contributed by atoms with Crippen molar-refractivity contribution in [2.45, 2.75) is 6.54 Å². The van der Waals surface area contributed by atoms with Crippen molar-refractivity contribution >= 4 is 16.9 Å². The van der Waals surface area contributed by atoms with Gasteiger partial charge in [0.25, 0.3) is 0 Å². The molecule has 1 fully saturated rings. The maximum atomic E-state index is 9.87. The van der Waals surface area contributed by atoms with E-state index in [1.54, 1.807) is 12.4 Å². The number of aromatic amines is 1. The number of nitrogens with zero attached hydrogens (tertiary/aromatic N) is 3. The Morgan fingerprint density at radius 1 is 1.25 bits per heavy atom. The summed E-state index contributed by atoms with van der Waals surface area (Å²) in [5.74, 6) is 1.12. The van der Waals surface area contributed by atoms with Crippen molar-refractivity contribution in [1.29, 1.82) is 0 Å². The van der Waals surface area contributed by atoms with Crippen molar-refractivity contribution in [2.75, 3.05) is 31.2 Å². The van der Waals surface area contributed by atoms with E-state index in [1.165, 1.54) is 0 Å². The molecule has 0 unspecified atom stereocenters. The summed E-state index contributed by atoms with van der Waals surface area (Å²) >= 11 is 0. The third kappa shape index (κ3) is 2.47. The summed E-state index contributed by atoms with van der Waals surface area (Å²) in [6.45, 7) is 3.29. The molecule has 1 aromatic carbocycles. The summed E-state index contributed by atoms with van der Waals surface area (Å²) in [5.41, 5.74) is 9.20. The normalized spacial score (nSPS) is 15.1. The van der Waals surface area contributed by atoms with Crippen molar-refractivity contribution < 1.29 is 9.84 Å². The first kappa shape index (κ1) is 14.9. The zero-order chi connectivity index (χ0) is 16.5. The molecule has 0 saturated carbocycles. The molecule has 1 aliphatic rings. The van der Waals surface area contributed by atoms with Crippen molar-refractivity contribution in [3.63, 3.8) is 0 Å². The second-order valence-corrected chi connectivity index (χ2v) is 5.77. The zero-order valence-corrected chi connectivity index (χ0v) is 13.2. The summed E-state index contributed by atoms with van der Waals surface area (Å²) in [6, 6.07) is 5.47. The van der Waals surface area contributed by atoms with E-state index in [0.29, 0.717) is 18.8 Å². The van der Waals surface area contributed by atoms with Gasteiger partial charge in [0, 0.05) is 37.0 Å². The van der Waals surface area contributed by atoms with Gasteiger partial charge in [-0.05, 0) is 17.7 Å². The van der Waals surface area contributed by atoms with Gasteiger partial charge in [-0.15, -0.1) is 0 Å². The van der Waals surface area contributed by atoms with E-state index in [2.05, 4.69) is 19.9 Å². The minimum absolute atomic E-state index is 0.214. The number of fused-ring (bicyclic) bond motifs is 1. The molecule has 0 spiro atoms. The van der Waals surface area contributed by atoms with E-state index in [4.69, 9.17) is 10.5 Å². The van der Waals surface area contributed by atoms with Crippen molar-refractivity contribution in [2.24, 2.45) is 5.73 Å². The monoisotopic (exact) mass is 325 g/mol. The number of nitrogens with one attached hydrogen (secondary N) is 1. The maximum absolute atomic E-state index is 9.87. The molecule has 1 aliphatic heterocycles. The van der Waals surface area contributed by atoms with Gasteiger partial charge in [0.1, 0.15) is 23.5 Å². The summed E-state index contributed by atoms with van der Waals surface area (Å²) < 4.78 is 5.44. The van der Waals surface area contributed by atoms with E-state index in [9.17, 15) is 5.11 Å². The first-order valence-corrected chi connectivity index (χ1v) is 7.95. The van der Waals surface area contributed by atoms with E-state index in [-0.39, 0.29) is 12.3 Å². The number of hydrogen-bond donors (Lipinski definition) is 3. The largest absolute Gasteiger partial charge is 0.508 e. The lowest BCUT2D eigenvalue weighted by Gasteiger charge is -2.28. The molecule has 2 aromatic heterocycles. The van der Waals surface area contributed by atoms with Crippen LogP contribution in [0.15, 0.2) is 30.7 Å². The minimum Gasteiger partial charge on any atom is -0.508 e. The van der Waals surface area contributed by atoms with Crippen LogP contribution in [-0.2, 0) is 11.3 Å². The van der Waals surface area contributed by atoms with Gasteiger partial charge in [-0.2, -0.15) is 0 Å². The van der Waals surface area contributed by atoms with Crippen LogP contribution in [0.5, 0.6) is 5.75 Å². The first-order chi connectivity index (χ1) is 11.8. The Bertz CT molecular complexity index is 871. The Morgan fingerprint density at radius 2 is 2.08 bits per heavy atom. The lowest BCUT2D eigenvalue weighted by molar-refractivity contribution is 0.122. The van der Waals surface area contributed by atoms with Gasteiger partial charge in [0.15, 0.2) is 0 Å². The number of phenolic OH excluding ortho intramolecular Hbond substituents is 1. The number of hydrogen-bond acceptors (Lipinski definition) is 6. The first-order valence-electron chi connectivity index (χ1n) is 7.95. The average Bonchev–Trinajstić information content (AvgIpc) is 3.07. The number of phenols is 1. The maximum Gasteiger partial charge on any atom is 0.143 e. The Kier molecular flexibility index (Phi) is 3.79. The Labute approximate surface area is 139 Å². The van der Waals surface area contributed by atoms with E-state index >= 15 is 0 Å². The van der Waals surface area contributed by atoms with Crippen LogP contribution in [0.2, 0.25) is 0 Å². The fourth-order valence-corrected chi connectivity index (χ4v) is 3.11. The SMILES string of the molecule is NCc1cc(-c2c[nH]c3ncnc(N4CCOCC4)c23)ccc1O. The molecule has 3 aromatic rings. The summed E-state index contributed by atoms with van der Waals surface area (Å²) in [5, 5.41) is 10.8. The minimum atomic E-state index is 0.214. The molecule has 0 radical (unpaired) electrons. The fraction of sp³-hybridized carbons (Fsp3) is 0.294. The average molecular weight is 325 g/mol. The highest BCUT2D eigenvalue weighted by atomic mass is 16.5. The molecule has 0 atom stereocenters. The van der Waals surface area contributed by atoms with Gasteiger partial charge in [-0.1, -0.05) is 6.07 Å². The van der Waals surface area contributed by atoms with Crippen molar-refractivity contribution in [3.05, 3.63) is 36.3 Å². The second kappa shape index (κ2) is 6.10. The molecule has 4 rings (SSSR count). The summed E-state index contributed by atoms with van der Waals surface area (Å²) in [7, 11) is 0. The van der Waals surface area contributed by atoms with E-state index in [1.807, 2.05) is 18.3 Å². The molecule has 4 N–H and O–H groups in total. The predicted octanol–water partition coefficient (Wildman–Crippen LogP) is 1.63. The van der Waals surface area contributed by atoms with Crippen LogP contribution in [0, 0.1) is 0 Å². The van der Waals surface area contributed by atoms with Crippen molar-refractivity contribution in [3.8, 4) is 16.9 Å². The Balaban J connectivity index is 1.87. The number of aromatic hydroxyl groups is 1. The third-order valence-electron chi connectivity index (χ3n) is 4.37. The molecule has 0 bridgehead atoms. The lowest BCUT2D eigenvalue weighted by atomic mass is 10.0. The Hall–Kier alpha value is -2.64. The second-order valence-electron chi connectivity index (χ2n) is 5.77. The van der Waals surface area contributed by atoms with Gasteiger partial charge >= 0.3 is 0 Å². The number of ether oxygens (including phenoxy) is 1. The van der Waals surface area contributed by atoms with Gasteiger partial charge in [0.05, 0.1) is 18.6 Å². The number of aromatic nitrogens is 3. The number of morpholine rings is 1. The number of benzene rings is 1. The molecular weight excluding hydrogens is 306 g/mol. The molecule has 24 heavy (non-hydrogen) atoms. The van der Waals surface area contributed by atoms with Crippen LogP contribution in [0.3, 0.4) is 0 Å². The quantitative estimate of drug-likeness (QED) is 0.677. The molecule has 7 nitrogen and oxygen atoms in total. The molecule has 3 heterocycles. The van der Waals surface area contributed by atoms with Crippen LogP contribution in [0.1, 0.15) is 5.56 Å². The van der Waals surface area contributed by atoms with Gasteiger partial charge < -0.3 is 25.5 Å². The summed E-state index contributed by atoms with van der Waals surface area (Å²) in [4.78, 5) is 14.3. The number of H-pyrrole nitrogens is 1. The zero-order valence-electron chi connectivity index (χ0n) is 13.2. The van der Waals surface area contributed by atoms with Crippen LogP contribution in [0.4, 0.5) is 5.82 Å². The highest BCUT2D eigenvalue weighted by Gasteiger charge is 2.20. The number of anilines is 1. The van der Waals surface area contributed by atoms with Crippen LogP contribution < -0.4 is 10.6 Å². The number of rotatable bonds is 3. The molecule has 0 aliphatic carbocycles. The third-order valence-corrected chi connectivity index (χ3v) is 4.37. The van der Waals surface area contributed by atoms with Gasteiger partial charge in [-0.25, -0.2) is 9.97 Å². The Morgan fingerprint density at radius 3 is 2.88 bits per heavy atom. The molecule has 1 saturated heterocycles. The summed E-state index contributed by atoms with van der Waals surface area (Å²) in [6.07, 6.45) is 3.51. The highest BCUT2D eigenvalue weighted by Crippen LogP contribution is 2.35. The predicted molar refractivity (Wildman–Crippen MR) is 91.9 cm³/mol. The topological polar surface area (TPSA) is 100 Å². The van der Waals surface area contributed by atoms with Crippen LogP contribution >= 0.6 is 0 Å². The van der Waals surface area contributed by atoms with Gasteiger partial charge in [-0.3, -0.25) is 0 Å². The smallest absolute Gasteiger partial charge is 0.143 e. The molecule has 124 valence electrons. The fourth-order valence-electron chi connectivity index (χ4n) is 3.11.